The van der Waals surface area contributed by atoms with Crippen molar-refractivity contribution in [3.05, 3.63) is 12.2 Å². The van der Waals surface area contributed by atoms with E-state index in [9.17, 15) is 4.79 Å². The zero-order chi connectivity index (χ0) is 22.1. The maximum absolute atomic E-state index is 12.2. The van der Waals surface area contributed by atoms with E-state index in [1.54, 1.807) is 0 Å². The van der Waals surface area contributed by atoms with E-state index >= 15 is 0 Å². The molecule has 0 N–H and O–H groups in total. The smallest absolute Gasteiger partial charge is 0.306 e. The molecule has 0 heterocycles. The molecule has 0 bridgehead atoms. The van der Waals surface area contributed by atoms with Gasteiger partial charge in [-0.05, 0) is 64.2 Å². The number of carbonyl (C=O) groups is 1. The number of hydrogen-bond acceptors (Lipinski definition) is 2. The molecule has 0 amide bonds. The van der Waals surface area contributed by atoms with E-state index < -0.39 is 0 Å². The number of rotatable bonds is 23. The van der Waals surface area contributed by atoms with Crippen molar-refractivity contribution in [1.82, 2.24) is 0 Å². The molecule has 3 heteroatoms. The van der Waals surface area contributed by atoms with E-state index in [0.29, 0.717) is 6.42 Å². The van der Waals surface area contributed by atoms with E-state index in [-0.39, 0.29) is 12.1 Å². The number of alkyl halides is 1. The Morgan fingerprint density at radius 3 is 1.80 bits per heavy atom. The number of halogens is 1. The minimum absolute atomic E-state index is 0.0105. The van der Waals surface area contributed by atoms with E-state index in [1.807, 2.05) is 0 Å². The first kappa shape index (κ1) is 29.7. The molecule has 0 aliphatic carbocycles. The molecular weight excluding hydrogens is 436 g/mol. The van der Waals surface area contributed by atoms with Crippen molar-refractivity contribution < 1.29 is 9.53 Å². The number of unbranched alkanes of at least 4 members (excludes halogenated alkanes) is 13. The minimum Gasteiger partial charge on any atom is -0.462 e. The summed E-state index contributed by atoms with van der Waals surface area (Å²) in [6.45, 7) is 4.52. The van der Waals surface area contributed by atoms with Crippen molar-refractivity contribution in [1.29, 1.82) is 0 Å². The summed E-state index contributed by atoms with van der Waals surface area (Å²) >= 11 is 3.43. The molecule has 0 aromatic rings. The fourth-order valence-corrected chi connectivity index (χ4v) is 4.16. The summed E-state index contributed by atoms with van der Waals surface area (Å²) in [4.78, 5) is 12.2. The lowest BCUT2D eigenvalue weighted by atomic mass is 10.0. The van der Waals surface area contributed by atoms with Crippen LogP contribution in [0.2, 0.25) is 0 Å². The highest BCUT2D eigenvalue weighted by molar-refractivity contribution is 9.09. The van der Waals surface area contributed by atoms with Crippen molar-refractivity contribution in [2.75, 3.05) is 5.33 Å². The molecule has 2 nitrogen and oxygen atoms in total. The molecule has 178 valence electrons. The Morgan fingerprint density at radius 1 is 0.700 bits per heavy atom. The Morgan fingerprint density at radius 2 is 1.20 bits per heavy atom. The Bertz CT molecular complexity index is 381. The molecule has 0 saturated carbocycles. The monoisotopic (exact) mass is 486 g/mol. The third kappa shape index (κ3) is 22.4. The first-order valence-corrected chi connectivity index (χ1v) is 14.3. The van der Waals surface area contributed by atoms with Crippen LogP contribution in [0.1, 0.15) is 142 Å². The topological polar surface area (TPSA) is 26.3 Å². The average Bonchev–Trinajstić information content (AvgIpc) is 2.74. The number of carbonyl (C=O) groups excluding carboxylic acids is 1. The molecule has 0 fully saturated rings. The van der Waals surface area contributed by atoms with Crippen LogP contribution in [0.25, 0.3) is 0 Å². The van der Waals surface area contributed by atoms with E-state index in [4.69, 9.17) is 4.74 Å². The predicted octanol–water partition coefficient (Wildman–Crippen LogP) is 9.69. The summed E-state index contributed by atoms with van der Waals surface area (Å²) in [5.41, 5.74) is 0. The lowest BCUT2D eigenvalue weighted by Gasteiger charge is -2.18. The van der Waals surface area contributed by atoms with Crippen LogP contribution in [0.15, 0.2) is 12.2 Å². The summed E-state index contributed by atoms with van der Waals surface area (Å²) < 4.78 is 5.86. The van der Waals surface area contributed by atoms with E-state index in [2.05, 4.69) is 41.9 Å². The molecule has 0 aromatic heterocycles. The Balaban J connectivity index is 4.02. The highest BCUT2D eigenvalue weighted by Gasteiger charge is 2.14. The lowest BCUT2D eigenvalue weighted by Crippen LogP contribution is -2.18. The van der Waals surface area contributed by atoms with Crippen LogP contribution in [-0.2, 0) is 9.53 Å². The van der Waals surface area contributed by atoms with Crippen LogP contribution in [0.3, 0.4) is 0 Å². The van der Waals surface area contributed by atoms with Gasteiger partial charge < -0.3 is 4.74 Å². The maximum Gasteiger partial charge on any atom is 0.306 e. The number of hydrogen-bond donors (Lipinski definition) is 0. The largest absolute Gasteiger partial charge is 0.462 e. The number of esters is 1. The normalized spacial score (nSPS) is 12.5. The summed E-state index contributed by atoms with van der Waals surface area (Å²) in [5.74, 6) is 0.0105. The SMILES string of the molecule is CCCCCC=CCCCCC(CCCCCCCCCC)OC(=O)CCCCBr. The van der Waals surface area contributed by atoms with E-state index in [1.165, 1.54) is 83.5 Å². The Kier molecular flexibility index (Phi) is 24.7. The van der Waals surface area contributed by atoms with Crippen molar-refractivity contribution in [3.63, 3.8) is 0 Å². The molecule has 0 rings (SSSR count). The molecule has 0 spiro atoms. The molecular formula is C27H51BrO2. The van der Waals surface area contributed by atoms with Crippen LogP contribution < -0.4 is 0 Å². The standard InChI is InChI=1S/C27H51BrO2/c1-3-5-7-9-11-13-15-17-19-23-26(30-27(29)24-20-21-25-28)22-18-16-14-12-10-8-6-4-2/h11,13,26H,3-10,12,14-25H2,1-2H3. The fourth-order valence-electron chi connectivity index (χ4n) is 3.76. The maximum atomic E-state index is 12.2. The molecule has 1 atom stereocenters. The van der Waals surface area contributed by atoms with Gasteiger partial charge in [-0.25, -0.2) is 0 Å². The van der Waals surface area contributed by atoms with Gasteiger partial charge >= 0.3 is 5.97 Å². The second kappa shape index (κ2) is 25.0. The van der Waals surface area contributed by atoms with Crippen molar-refractivity contribution in [2.45, 2.75) is 148 Å². The van der Waals surface area contributed by atoms with Gasteiger partial charge in [0, 0.05) is 11.8 Å². The molecule has 30 heavy (non-hydrogen) atoms. The van der Waals surface area contributed by atoms with Gasteiger partial charge in [-0.3, -0.25) is 4.79 Å². The van der Waals surface area contributed by atoms with Crippen LogP contribution in [0, 0.1) is 0 Å². The van der Waals surface area contributed by atoms with Gasteiger partial charge in [0.2, 0.25) is 0 Å². The fraction of sp³-hybridized carbons (Fsp3) is 0.889. The quantitative estimate of drug-likeness (QED) is 0.0620. The van der Waals surface area contributed by atoms with E-state index in [0.717, 1.165) is 43.9 Å². The highest BCUT2D eigenvalue weighted by Crippen LogP contribution is 2.17. The minimum atomic E-state index is 0.0105. The Labute approximate surface area is 197 Å². The summed E-state index contributed by atoms with van der Waals surface area (Å²) in [6.07, 6.45) is 28.8. The van der Waals surface area contributed by atoms with Gasteiger partial charge in [0.05, 0.1) is 0 Å². The van der Waals surface area contributed by atoms with Gasteiger partial charge in [0.25, 0.3) is 0 Å². The van der Waals surface area contributed by atoms with Gasteiger partial charge in [-0.2, -0.15) is 0 Å². The lowest BCUT2D eigenvalue weighted by molar-refractivity contribution is -0.150. The van der Waals surface area contributed by atoms with Gasteiger partial charge in [0.15, 0.2) is 0 Å². The number of allylic oxidation sites excluding steroid dienone is 2. The Hall–Kier alpha value is -0.310. The molecule has 0 aliphatic rings. The first-order valence-electron chi connectivity index (χ1n) is 13.1. The zero-order valence-corrected chi connectivity index (χ0v) is 21.9. The van der Waals surface area contributed by atoms with Gasteiger partial charge in [-0.15, -0.1) is 0 Å². The summed E-state index contributed by atoms with van der Waals surface area (Å²) in [6, 6.07) is 0. The van der Waals surface area contributed by atoms with Crippen LogP contribution in [0.4, 0.5) is 0 Å². The number of ether oxygens (including phenoxy) is 1. The van der Waals surface area contributed by atoms with Crippen LogP contribution in [-0.4, -0.2) is 17.4 Å². The molecule has 0 radical (unpaired) electrons. The average molecular weight is 488 g/mol. The van der Waals surface area contributed by atoms with Crippen molar-refractivity contribution in [2.24, 2.45) is 0 Å². The third-order valence-electron chi connectivity index (χ3n) is 5.73. The zero-order valence-electron chi connectivity index (χ0n) is 20.3. The molecule has 0 aliphatic heterocycles. The molecule has 1 unspecified atom stereocenters. The van der Waals surface area contributed by atoms with Crippen LogP contribution >= 0.6 is 15.9 Å². The molecule has 0 saturated heterocycles. The highest BCUT2D eigenvalue weighted by atomic mass is 79.9. The summed E-state index contributed by atoms with van der Waals surface area (Å²) in [5, 5.41) is 0.966. The predicted molar refractivity (Wildman–Crippen MR) is 137 cm³/mol. The first-order chi connectivity index (χ1) is 14.7. The second-order valence-electron chi connectivity index (χ2n) is 8.77. The second-order valence-corrected chi connectivity index (χ2v) is 9.57. The van der Waals surface area contributed by atoms with Crippen molar-refractivity contribution >= 4 is 21.9 Å². The summed E-state index contributed by atoms with van der Waals surface area (Å²) in [7, 11) is 0. The van der Waals surface area contributed by atoms with Gasteiger partial charge in [0.1, 0.15) is 6.10 Å². The third-order valence-corrected chi connectivity index (χ3v) is 6.29. The van der Waals surface area contributed by atoms with Gasteiger partial charge in [-0.1, -0.05) is 99.7 Å². The molecule has 0 aromatic carbocycles. The van der Waals surface area contributed by atoms with Crippen molar-refractivity contribution in [3.8, 4) is 0 Å². The van der Waals surface area contributed by atoms with Crippen LogP contribution in [0.5, 0.6) is 0 Å².